The molecule has 154 valence electrons. The van der Waals surface area contributed by atoms with Crippen LogP contribution in [0.2, 0.25) is 0 Å². The van der Waals surface area contributed by atoms with Crippen molar-refractivity contribution in [1.82, 2.24) is 0 Å². The maximum absolute atomic E-state index is 4.03. The third-order valence-electron chi connectivity index (χ3n) is 9.17. The molecule has 7 unspecified atom stereocenters. The second-order valence-electron chi connectivity index (χ2n) is 11.4. The first-order valence-corrected chi connectivity index (χ1v) is 12.1. The molecule has 0 amide bonds. The molecule has 0 radical (unpaired) electrons. The second kappa shape index (κ2) is 8.08. The van der Waals surface area contributed by atoms with E-state index >= 15 is 0 Å². The predicted octanol–water partition coefficient (Wildman–Crippen LogP) is 8.30. The summed E-state index contributed by atoms with van der Waals surface area (Å²) >= 11 is 0. The van der Waals surface area contributed by atoms with Gasteiger partial charge in [0.15, 0.2) is 0 Å². The van der Waals surface area contributed by atoms with Crippen LogP contribution in [0.25, 0.3) is 0 Å². The van der Waals surface area contributed by atoms with E-state index in [0.29, 0.717) is 11.3 Å². The van der Waals surface area contributed by atoms with Crippen molar-refractivity contribution >= 4 is 0 Å². The van der Waals surface area contributed by atoms with Gasteiger partial charge >= 0.3 is 0 Å². The Bertz CT molecular complexity index is 536. The molecule has 0 nitrogen and oxygen atoms in total. The molecule has 7 atom stereocenters. The third kappa shape index (κ3) is 4.25. The topological polar surface area (TPSA) is 0 Å². The van der Waals surface area contributed by atoms with E-state index in [0.717, 1.165) is 35.5 Å². The summed E-state index contributed by atoms with van der Waals surface area (Å²) in [5.41, 5.74) is 0.885. The molecule has 0 aliphatic heterocycles. The van der Waals surface area contributed by atoms with Crippen LogP contribution < -0.4 is 0 Å². The molecule has 0 aromatic heterocycles. The quantitative estimate of drug-likeness (QED) is 0.303. The van der Waals surface area contributed by atoms with Crippen LogP contribution in [0, 0.1) is 52.3 Å². The lowest BCUT2D eigenvalue weighted by Crippen LogP contribution is -2.26. The SMILES string of the molecule is C=CC(C)(C)C(C)C=CCC12CC(CCCC)C1C2C(C)C(C)CC1CC1. The van der Waals surface area contributed by atoms with Crippen LogP contribution in [0.15, 0.2) is 24.8 Å². The smallest absolute Gasteiger partial charge is 0.0117 e. The Kier molecular flexibility index (Phi) is 6.34. The van der Waals surface area contributed by atoms with Crippen LogP contribution in [-0.4, -0.2) is 0 Å². The van der Waals surface area contributed by atoms with Gasteiger partial charge in [0.25, 0.3) is 0 Å². The first-order valence-electron chi connectivity index (χ1n) is 12.1. The van der Waals surface area contributed by atoms with Crippen molar-refractivity contribution in [2.24, 2.45) is 52.3 Å². The molecule has 0 saturated heterocycles. The van der Waals surface area contributed by atoms with Gasteiger partial charge in [-0.15, -0.1) is 6.58 Å². The van der Waals surface area contributed by atoms with Crippen molar-refractivity contribution in [1.29, 1.82) is 0 Å². The van der Waals surface area contributed by atoms with Crippen molar-refractivity contribution < 1.29 is 0 Å². The first kappa shape index (κ1) is 21.2. The average molecular weight is 371 g/mol. The molecular weight excluding hydrogens is 324 g/mol. The lowest BCUT2D eigenvalue weighted by molar-refractivity contribution is 0.164. The highest BCUT2D eigenvalue weighted by Crippen LogP contribution is 2.80. The summed E-state index contributed by atoms with van der Waals surface area (Å²) in [5.74, 6) is 6.61. The summed E-state index contributed by atoms with van der Waals surface area (Å²) in [6.07, 6.45) is 18.8. The van der Waals surface area contributed by atoms with Gasteiger partial charge in [0, 0.05) is 0 Å². The molecule has 3 aliphatic rings. The Morgan fingerprint density at radius 3 is 2.48 bits per heavy atom. The Labute approximate surface area is 170 Å². The molecule has 0 spiro atoms. The highest BCUT2D eigenvalue weighted by atomic mass is 14.8. The highest BCUT2D eigenvalue weighted by Gasteiger charge is 2.74. The number of allylic oxidation sites excluding steroid dienone is 3. The number of rotatable bonds is 12. The number of fused-ring (bicyclic) bond motifs is 1. The summed E-state index contributed by atoms with van der Waals surface area (Å²) in [5, 5.41) is 0. The normalized spacial score (nSPS) is 36.0. The number of unbranched alkanes of at least 4 members (excludes halogenated alkanes) is 1. The lowest BCUT2D eigenvalue weighted by Gasteiger charge is -2.34. The fourth-order valence-corrected chi connectivity index (χ4v) is 6.37. The molecule has 3 rings (SSSR count). The van der Waals surface area contributed by atoms with Gasteiger partial charge in [-0.1, -0.05) is 91.9 Å². The Morgan fingerprint density at radius 1 is 1.19 bits per heavy atom. The summed E-state index contributed by atoms with van der Waals surface area (Å²) < 4.78 is 0. The van der Waals surface area contributed by atoms with Gasteiger partial charge in [-0.25, -0.2) is 0 Å². The van der Waals surface area contributed by atoms with Gasteiger partial charge in [0.05, 0.1) is 0 Å². The monoisotopic (exact) mass is 370 g/mol. The first-order chi connectivity index (χ1) is 12.8. The lowest BCUT2D eigenvalue weighted by atomic mass is 9.70. The number of hydrogen-bond acceptors (Lipinski definition) is 0. The van der Waals surface area contributed by atoms with Crippen molar-refractivity contribution in [2.45, 2.75) is 92.9 Å². The minimum atomic E-state index is 0.200. The third-order valence-corrected chi connectivity index (χ3v) is 9.17. The largest absolute Gasteiger partial charge is 0.103 e. The van der Waals surface area contributed by atoms with Crippen LogP contribution in [-0.2, 0) is 0 Å². The van der Waals surface area contributed by atoms with Crippen LogP contribution in [0.5, 0.6) is 0 Å². The van der Waals surface area contributed by atoms with Crippen molar-refractivity contribution in [2.75, 3.05) is 0 Å². The van der Waals surface area contributed by atoms with E-state index < -0.39 is 0 Å². The molecule has 0 aromatic rings. The van der Waals surface area contributed by atoms with E-state index in [1.807, 2.05) is 0 Å². The van der Waals surface area contributed by atoms with Gasteiger partial charge in [-0.2, -0.15) is 0 Å². The molecule has 3 saturated carbocycles. The van der Waals surface area contributed by atoms with Crippen LogP contribution in [0.3, 0.4) is 0 Å². The van der Waals surface area contributed by atoms with E-state index in [2.05, 4.69) is 66.3 Å². The zero-order valence-corrected chi connectivity index (χ0v) is 19.1. The van der Waals surface area contributed by atoms with Gasteiger partial charge in [0.1, 0.15) is 0 Å². The minimum absolute atomic E-state index is 0.200. The number of hydrogen-bond donors (Lipinski definition) is 0. The average Bonchev–Trinajstić information content (AvgIpc) is 3.52. The fraction of sp³-hybridized carbons (Fsp3) is 0.852. The van der Waals surface area contributed by atoms with Crippen molar-refractivity contribution in [3.05, 3.63) is 24.8 Å². The maximum atomic E-state index is 4.03. The van der Waals surface area contributed by atoms with Gasteiger partial charge < -0.3 is 0 Å². The van der Waals surface area contributed by atoms with Crippen LogP contribution >= 0.6 is 0 Å². The molecule has 0 aromatic carbocycles. The maximum Gasteiger partial charge on any atom is -0.0117 e. The molecular formula is C27H46. The Hall–Kier alpha value is -0.520. The minimum Gasteiger partial charge on any atom is -0.103 e. The van der Waals surface area contributed by atoms with Gasteiger partial charge in [-0.05, 0) is 71.5 Å². The predicted molar refractivity (Wildman–Crippen MR) is 120 cm³/mol. The van der Waals surface area contributed by atoms with E-state index in [4.69, 9.17) is 0 Å². The summed E-state index contributed by atoms with van der Waals surface area (Å²) in [6.45, 7) is 18.5. The standard InChI is InChI=1S/C27H46/c1-8-10-13-23-18-27(16-11-12-20(4)26(6,7)9-2)24(25(23)27)21(5)19(3)17-22-14-15-22/h9,11-12,19-25H,2,8,10,13-18H2,1,3-7H3. The van der Waals surface area contributed by atoms with E-state index in [1.165, 1.54) is 51.4 Å². The Morgan fingerprint density at radius 2 is 1.89 bits per heavy atom. The zero-order chi connectivity index (χ0) is 19.8. The second-order valence-corrected chi connectivity index (χ2v) is 11.4. The fourth-order valence-electron chi connectivity index (χ4n) is 6.37. The van der Waals surface area contributed by atoms with Crippen LogP contribution in [0.4, 0.5) is 0 Å². The zero-order valence-electron chi connectivity index (χ0n) is 19.1. The Balaban J connectivity index is 1.61. The summed E-state index contributed by atoms with van der Waals surface area (Å²) in [7, 11) is 0. The van der Waals surface area contributed by atoms with Crippen LogP contribution in [0.1, 0.15) is 92.9 Å². The molecule has 3 aliphatic carbocycles. The summed E-state index contributed by atoms with van der Waals surface area (Å²) in [4.78, 5) is 0. The molecule has 0 bridgehead atoms. The van der Waals surface area contributed by atoms with Gasteiger partial charge in [-0.3, -0.25) is 0 Å². The molecule has 0 heteroatoms. The van der Waals surface area contributed by atoms with Gasteiger partial charge in [0.2, 0.25) is 0 Å². The van der Waals surface area contributed by atoms with Crippen molar-refractivity contribution in [3.63, 3.8) is 0 Å². The summed E-state index contributed by atoms with van der Waals surface area (Å²) in [6, 6.07) is 0. The van der Waals surface area contributed by atoms with Crippen molar-refractivity contribution in [3.8, 4) is 0 Å². The molecule has 0 heterocycles. The van der Waals surface area contributed by atoms with E-state index in [-0.39, 0.29) is 5.41 Å². The van der Waals surface area contributed by atoms with E-state index in [1.54, 1.807) is 0 Å². The molecule has 27 heavy (non-hydrogen) atoms. The molecule has 0 N–H and O–H groups in total. The molecule has 3 fully saturated rings. The van der Waals surface area contributed by atoms with E-state index in [9.17, 15) is 0 Å². The highest BCUT2D eigenvalue weighted by molar-refractivity contribution is 5.24.